The molecule has 0 aliphatic heterocycles. The molecule has 2 aromatic heterocycles. The average Bonchev–Trinajstić information content (AvgIpc) is 2.42. The monoisotopic (exact) mass is 222 g/mol. The molecule has 82 valence electrons. The second-order valence-electron chi connectivity index (χ2n) is 3.38. The highest BCUT2D eigenvalue weighted by atomic mass is 14.6. The first-order valence-corrected chi connectivity index (χ1v) is 5.03. The zero-order chi connectivity index (χ0) is 12.1. The Labute approximate surface area is 99.1 Å². The van der Waals surface area contributed by atoms with Crippen LogP contribution in [-0.4, -0.2) is 9.97 Å². The molecule has 0 amide bonds. The molecule has 4 heteroatoms. The van der Waals surface area contributed by atoms with Gasteiger partial charge < -0.3 is 5.73 Å². The van der Waals surface area contributed by atoms with E-state index in [0.29, 0.717) is 16.8 Å². The van der Waals surface area contributed by atoms with Crippen LogP contribution in [0.5, 0.6) is 0 Å². The van der Waals surface area contributed by atoms with Gasteiger partial charge in [0.1, 0.15) is 6.07 Å². The summed E-state index contributed by atoms with van der Waals surface area (Å²) in [5.41, 5.74) is 8.33. The number of nitrogens with zero attached hydrogens (tertiary/aromatic N) is 3. The Hall–Kier alpha value is -2.67. The highest BCUT2D eigenvalue weighted by molar-refractivity contribution is 5.95. The third-order valence-electron chi connectivity index (χ3n) is 2.32. The van der Waals surface area contributed by atoms with Crippen molar-refractivity contribution in [1.29, 1.82) is 5.26 Å². The smallest absolute Gasteiger partial charge is 0.102 e. The van der Waals surface area contributed by atoms with E-state index in [4.69, 9.17) is 5.73 Å². The third-order valence-corrected chi connectivity index (χ3v) is 2.32. The van der Waals surface area contributed by atoms with Gasteiger partial charge in [0, 0.05) is 35.9 Å². The van der Waals surface area contributed by atoms with Crippen molar-refractivity contribution in [1.82, 2.24) is 9.97 Å². The van der Waals surface area contributed by atoms with Gasteiger partial charge in [0.05, 0.1) is 11.3 Å². The van der Waals surface area contributed by atoms with Gasteiger partial charge in [-0.2, -0.15) is 5.26 Å². The molecule has 0 radical (unpaired) electrons. The quantitative estimate of drug-likeness (QED) is 0.786. The summed E-state index contributed by atoms with van der Waals surface area (Å²) in [5, 5.41) is 9.18. The first-order valence-electron chi connectivity index (χ1n) is 5.03. The molecule has 2 aromatic rings. The molecular formula is C13H10N4. The van der Waals surface area contributed by atoms with E-state index in [2.05, 4.69) is 16.0 Å². The third kappa shape index (κ3) is 2.29. The Kier molecular flexibility index (Phi) is 3.13. The highest BCUT2D eigenvalue weighted by Gasteiger charge is 2.07. The number of aromatic nitrogens is 2. The van der Waals surface area contributed by atoms with Crippen LogP contribution in [0, 0.1) is 11.3 Å². The van der Waals surface area contributed by atoms with Gasteiger partial charge in [0.25, 0.3) is 0 Å². The summed E-state index contributed by atoms with van der Waals surface area (Å²) in [6, 6.07) is 9.22. The van der Waals surface area contributed by atoms with Crippen molar-refractivity contribution < 1.29 is 0 Å². The van der Waals surface area contributed by atoms with Crippen LogP contribution >= 0.6 is 0 Å². The Morgan fingerprint density at radius 3 is 2.41 bits per heavy atom. The van der Waals surface area contributed by atoms with Gasteiger partial charge >= 0.3 is 0 Å². The van der Waals surface area contributed by atoms with Gasteiger partial charge in [-0.3, -0.25) is 9.97 Å². The van der Waals surface area contributed by atoms with Gasteiger partial charge in [-0.05, 0) is 18.2 Å². The normalized spacial score (nSPS) is 11.5. The predicted molar refractivity (Wildman–Crippen MR) is 65.1 cm³/mol. The number of nitrogens with two attached hydrogens (primary N) is 1. The van der Waals surface area contributed by atoms with E-state index < -0.39 is 0 Å². The fourth-order valence-electron chi connectivity index (χ4n) is 1.47. The van der Waals surface area contributed by atoms with Crippen molar-refractivity contribution in [2.45, 2.75) is 0 Å². The molecule has 0 unspecified atom stereocenters. The first-order chi connectivity index (χ1) is 8.33. The molecule has 0 spiro atoms. The lowest BCUT2D eigenvalue weighted by Gasteiger charge is -2.05. The summed E-state index contributed by atoms with van der Waals surface area (Å²) in [6.07, 6.45) is 6.55. The lowest BCUT2D eigenvalue weighted by Crippen LogP contribution is -2.00. The maximum absolute atomic E-state index is 9.18. The Bertz CT molecular complexity index is 567. The van der Waals surface area contributed by atoms with Crippen molar-refractivity contribution in [2.24, 2.45) is 5.73 Å². The van der Waals surface area contributed by atoms with Crippen LogP contribution < -0.4 is 5.73 Å². The minimum absolute atomic E-state index is 0.421. The van der Waals surface area contributed by atoms with Crippen molar-refractivity contribution in [3.05, 3.63) is 60.2 Å². The second kappa shape index (κ2) is 4.90. The number of allylic oxidation sites excluding steroid dienone is 1. The molecule has 0 saturated carbocycles. The van der Waals surface area contributed by atoms with E-state index >= 15 is 0 Å². The molecule has 2 rings (SSSR count). The molecule has 2 N–H and O–H groups in total. The summed E-state index contributed by atoms with van der Waals surface area (Å²) in [4.78, 5) is 7.89. The summed E-state index contributed by atoms with van der Waals surface area (Å²) in [7, 11) is 0. The van der Waals surface area contributed by atoms with Gasteiger partial charge in [0.2, 0.25) is 0 Å². The second-order valence-corrected chi connectivity index (χ2v) is 3.38. The molecule has 0 saturated heterocycles. The van der Waals surface area contributed by atoms with Crippen LogP contribution in [0.25, 0.3) is 11.3 Å². The topological polar surface area (TPSA) is 75.6 Å². The number of hydrogen-bond acceptors (Lipinski definition) is 4. The molecule has 0 aliphatic carbocycles. The van der Waals surface area contributed by atoms with E-state index in [1.807, 2.05) is 0 Å². The van der Waals surface area contributed by atoms with Gasteiger partial charge in [-0.15, -0.1) is 0 Å². The van der Waals surface area contributed by atoms with Crippen molar-refractivity contribution in [3.8, 4) is 6.07 Å². The Morgan fingerprint density at radius 1 is 1.06 bits per heavy atom. The summed E-state index contributed by atoms with van der Waals surface area (Å²) >= 11 is 0. The number of hydrogen-bond donors (Lipinski definition) is 1. The van der Waals surface area contributed by atoms with Gasteiger partial charge in [-0.25, -0.2) is 0 Å². The van der Waals surface area contributed by atoms with Crippen LogP contribution in [0.15, 0.2) is 49.1 Å². The van der Waals surface area contributed by atoms with Crippen LogP contribution in [0.1, 0.15) is 11.1 Å². The number of rotatable bonds is 2. The van der Waals surface area contributed by atoms with Crippen molar-refractivity contribution in [3.63, 3.8) is 0 Å². The minimum Gasteiger partial charge on any atom is -0.397 e. The SMILES string of the molecule is N#C/C(=C(/N)c1ccncc1)c1cccnc1. The fraction of sp³-hybridized carbons (Fsp3) is 0. The summed E-state index contributed by atoms with van der Waals surface area (Å²) < 4.78 is 0. The number of nitriles is 1. The van der Waals surface area contributed by atoms with Gasteiger partial charge in [-0.1, -0.05) is 6.07 Å². The zero-order valence-electron chi connectivity index (χ0n) is 9.04. The van der Waals surface area contributed by atoms with Crippen LogP contribution in [0.2, 0.25) is 0 Å². The average molecular weight is 222 g/mol. The maximum Gasteiger partial charge on any atom is 0.102 e. The summed E-state index contributed by atoms with van der Waals surface area (Å²) in [6.45, 7) is 0. The molecule has 0 atom stereocenters. The van der Waals surface area contributed by atoms with E-state index in [-0.39, 0.29) is 0 Å². The van der Waals surface area contributed by atoms with E-state index in [0.717, 1.165) is 5.56 Å². The Balaban J connectivity index is 2.53. The predicted octanol–water partition coefficient (Wildman–Crippen LogP) is 1.83. The van der Waals surface area contributed by atoms with Crippen LogP contribution in [0.4, 0.5) is 0 Å². The molecule has 17 heavy (non-hydrogen) atoms. The molecule has 4 nitrogen and oxygen atoms in total. The van der Waals surface area contributed by atoms with Crippen LogP contribution in [0.3, 0.4) is 0 Å². The summed E-state index contributed by atoms with van der Waals surface area (Å²) in [5.74, 6) is 0. The Morgan fingerprint density at radius 2 is 1.82 bits per heavy atom. The largest absolute Gasteiger partial charge is 0.397 e. The van der Waals surface area contributed by atoms with E-state index in [1.54, 1.807) is 49.1 Å². The first kappa shape index (κ1) is 10.8. The molecule has 0 fully saturated rings. The minimum atomic E-state index is 0.421. The maximum atomic E-state index is 9.18. The fourth-order valence-corrected chi connectivity index (χ4v) is 1.47. The standard InChI is InChI=1S/C13H10N4/c14-8-12(11-2-1-5-17-9-11)13(15)10-3-6-16-7-4-10/h1-7,9H,15H2/b13-12-. The van der Waals surface area contributed by atoms with E-state index in [9.17, 15) is 5.26 Å². The lowest BCUT2D eigenvalue weighted by atomic mass is 10.0. The highest BCUT2D eigenvalue weighted by Crippen LogP contribution is 2.20. The van der Waals surface area contributed by atoms with Crippen molar-refractivity contribution in [2.75, 3.05) is 0 Å². The number of pyridine rings is 2. The molecule has 0 bridgehead atoms. The van der Waals surface area contributed by atoms with E-state index in [1.165, 1.54) is 0 Å². The lowest BCUT2D eigenvalue weighted by molar-refractivity contribution is 1.30. The zero-order valence-corrected chi connectivity index (χ0v) is 9.04. The molecule has 0 aromatic carbocycles. The van der Waals surface area contributed by atoms with Crippen LogP contribution in [-0.2, 0) is 0 Å². The molecular weight excluding hydrogens is 212 g/mol. The molecule has 0 aliphatic rings. The van der Waals surface area contributed by atoms with Gasteiger partial charge in [0.15, 0.2) is 0 Å². The molecule has 2 heterocycles. The van der Waals surface area contributed by atoms with Crippen molar-refractivity contribution >= 4 is 11.3 Å².